The highest BCUT2D eigenvalue weighted by molar-refractivity contribution is 5.89. The number of anilines is 1. The number of ether oxygens (including phenoxy) is 1. The van der Waals surface area contributed by atoms with Gasteiger partial charge in [-0.05, 0) is 19.4 Å². The zero-order valence-corrected chi connectivity index (χ0v) is 12.7. The maximum atomic E-state index is 9.24. The predicted molar refractivity (Wildman–Crippen MR) is 86.7 cm³/mol. The summed E-state index contributed by atoms with van der Waals surface area (Å²) in [6.07, 6.45) is 16.2. The van der Waals surface area contributed by atoms with Crippen molar-refractivity contribution in [2.24, 2.45) is 0 Å². The summed E-state index contributed by atoms with van der Waals surface area (Å²) in [4.78, 5) is 8.25. The zero-order chi connectivity index (χ0) is 16.7. The van der Waals surface area contributed by atoms with Crippen LogP contribution in [-0.2, 0) is 4.74 Å². The Labute approximate surface area is 130 Å². The van der Waals surface area contributed by atoms with Gasteiger partial charge in [-0.3, -0.25) is 0 Å². The molecule has 0 saturated heterocycles. The van der Waals surface area contributed by atoms with Gasteiger partial charge in [-0.2, -0.15) is 0 Å². The zero-order valence-electron chi connectivity index (χ0n) is 12.7. The summed E-state index contributed by atoms with van der Waals surface area (Å²) in [6.45, 7) is 3.69. The summed E-state index contributed by atoms with van der Waals surface area (Å²) in [5, 5.41) is 10.1. The van der Waals surface area contributed by atoms with E-state index in [0.29, 0.717) is 17.9 Å². The number of aryl methyl sites for hydroxylation is 1. The Morgan fingerprint density at radius 1 is 1.45 bits per heavy atom. The maximum absolute atomic E-state index is 9.24. The Morgan fingerprint density at radius 3 is 2.73 bits per heavy atom. The summed E-state index contributed by atoms with van der Waals surface area (Å²) in [6, 6.07) is 0. The summed E-state index contributed by atoms with van der Waals surface area (Å²) in [5.41, 5.74) is 7.56. The Kier molecular flexibility index (Phi) is 6.40. The Balaban J connectivity index is 0.00000116. The Morgan fingerprint density at radius 2 is 2.14 bits per heavy atom. The molecule has 2 heterocycles. The third-order valence-corrected chi connectivity index (χ3v) is 3.16. The second-order valence-electron chi connectivity index (χ2n) is 4.63. The molecule has 0 unspecified atom stereocenters. The lowest BCUT2D eigenvalue weighted by atomic mass is 10.2. The topological polar surface area (TPSA) is 86.2 Å². The molecule has 2 aromatic rings. The van der Waals surface area contributed by atoms with Crippen LogP contribution in [0.1, 0.15) is 25.1 Å². The minimum Gasteiger partial charge on any atom is -0.394 e. The minimum absolute atomic E-state index is 0.121. The minimum atomic E-state index is -0.396. The van der Waals surface area contributed by atoms with Crippen molar-refractivity contribution >= 4 is 16.9 Å². The molecular weight excluding hydrogens is 280 g/mol. The van der Waals surface area contributed by atoms with E-state index in [9.17, 15) is 5.11 Å². The van der Waals surface area contributed by atoms with Crippen molar-refractivity contribution in [3.05, 3.63) is 18.1 Å². The van der Waals surface area contributed by atoms with Crippen molar-refractivity contribution in [2.75, 3.05) is 12.3 Å². The van der Waals surface area contributed by atoms with Crippen LogP contribution in [0.5, 0.6) is 0 Å². The monoisotopic (exact) mass is 300 g/mol. The predicted octanol–water partition coefficient (Wildman–Crippen LogP) is 1.49. The number of fused-ring (bicyclic) bond motifs is 1. The average Bonchev–Trinajstić information content (AvgIpc) is 2.87. The number of nitrogens with zero attached hydrogens (tertiary/aromatic N) is 3. The number of terminal acetylenes is 2. The van der Waals surface area contributed by atoms with Gasteiger partial charge in [0.1, 0.15) is 24.0 Å². The van der Waals surface area contributed by atoms with Crippen LogP contribution in [0, 0.1) is 32.1 Å². The Bertz CT molecular complexity index is 684. The number of aromatic nitrogens is 3. The first-order valence-electron chi connectivity index (χ1n) is 6.69. The van der Waals surface area contributed by atoms with Gasteiger partial charge in [-0.15, -0.1) is 25.2 Å². The number of aliphatic hydroxyl groups is 1. The fourth-order valence-electron chi connectivity index (χ4n) is 2.21. The van der Waals surface area contributed by atoms with Gasteiger partial charge in [0, 0.05) is 12.6 Å². The molecule has 116 valence electrons. The van der Waals surface area contributed by atoms with Gasteiger partial charge >= 0.3 is 0 Å². The number of aliphatic hydroxyl groups excluding tert-OH is 1. The first-order valence-corrected chi connectivity index (χ1v) is 6.69. The average molecular weight is 300 g/mol. The number of hydrogen-bond acceptors (Lipinski definition) is 5. The van der Waals surface area contributed by atoms with Gasteiger partial charge in [0.25, 0.3) is 0 Å². The van der Waals surface area contributed by atoms with Gasteiger partial charge in [0.05, 0.1) is 18.1 Å². The third-order valence-electron chi connectivity index (χ3n) is 3.16. The quantitative estimate of drug-likeness (QED) is 0.817. The van der Waals surface area contributed by atoms with E-state index in [-0.39, 0.29) is 12.8 Å². The van der Waals surface area contributed by atoms with Gasteiger partial charge in [0.2, 0.25) is 0 Å². The largest absolute Gasteiger partial charge is 0.394 e. The van der Waals surface area contributed by atoms with Crippen LogP contribution in [0.15, 0.2) is 12.5 Å². The van der Waals surface area contributed by atoms with E-state index in [1.165, 1.54) is 6.33 Å². The highest BCUT2D eigenvalue weighted by Crippen LogP contribution is 2.26. The summed E-state index contributed by atoms with van der Waals surface area (Å²) < 4.78 is 7.62. The van der Waals surface area contributed by atoms with Crippen LogP contribution in [0.25, 0.3) is 11.0 Å². The molecule has 2 aromatic heterocycles. The van der Waals surface area contributed by atoms with Crippen LogP contribution in [-0.4, -0.2) is 32.4 Å². The van der Waals surface area contributed by atoms with Gasteiger partial charge in [0.15, 0.2) is 0 Å². The van der Waals surface area contributed by atoms with Crippen molar-refractivity contribution in [3.8, 4) is 25.2 Å². The molecule has 6 heteroatoms. The van der Waals surface area contributed by atoms with Crippen LogP contribution >= 0.6 is 0 Å². The summed E-state index contributed by atoms with van der Waals surface area (Å²) >= 11 is 0. The lowest BCUT2D eigenvalue weighted by molar-refractivity contribution is -0.0606. The van der Waals surface area contributed by atoms with Gasteiger partial charge < -0.3 is 20.1 Å². The van der Waals surface area contributed by atoms with Crippen LogP contribution in [0.3, 0.4) is 0 Å². The summed E-state index contributed by atoms with van der Waals surface area (Å²) in [7, 11) is 0. The van der Waals surface area contributed by atoms with E-state index >= 15 is 0 Å². The van der Waals surface area contributed by atoms with Crippen molar-refractivity contribution < 1.29 is 9.84 Å². The fraction of sp³-hybridized carbons (Fsp3) is 0.375. The molecule has 22 heavy (non-hydrogen) atoms. The molecule has 0 radical (unpaired) electrons. The van der Waals surface area contributed by atoms with Crippen molar-refractivity contribution in [2.45, 2.75) is 32.6 Å². The van der Waals surface area contributed by atoms with E-state index in [0.717, 1.165) is 10.9 Å². The Hall–Kier alpha value is -2.54. The van der Waals surface area contributed by atoms with Crippen LogP contribution in [0.4, 0.5) is 5.82 Å². The highest BCUT2D eigenvalue weighted by Gasteiger charge is 2.18. The number of nitrogen functional groups attached to an aromatic ring is 1. The molecule has 0 saturated carbocycles. The molecule has 0 spiro atoms. The highest BCUT2D eigenvalue weighted by atomic mass is 16.5. The summed E-state index contributed by atoms with van der Waals surface area (Å²) in [5.74, 6) is 2.93. The molecule has 6 nitrogen and oxygen atoms in total. The molecule has 0 bridgehead atoms. The number of hydrogen-bond donors (Lipinski definition) is 2. The lowest BCUT2D eigenvalue weighted by Crippen LogP contribution is -2.22. The van der Waals surface area contributed by atoms with Crippen molar-refractivity contribution in [1.29, 1.82) is 0 Å². The first-order chi connectivity index (χ1) is 10.6. The van der Waals surface area contributed by atoms with E-state index in [4.69, 9.17) is 16.9 Å². The molecule has 2 rings (SSSR count). The maximum Gasteiger partial charge on any atom is 0.147 e. The van der Waals surface area contributed by atoms with Crippen molar-refractivity contribution in [3.63, 3.8) is 0 Å². The first kappa shape index (κ1) is 17.5. The fourth-order valence-corrected chi connectivity index (χ4v) is 2.21. The van der Waals surface area contributed by atoms with Gasteiger partial charge in [-0.1, -0.05) is 0 Å². The van der Waals surface area contributed by atoms with Crippen LogP contribution < -0.4 is 5.73 Å². The van der Waals surface area contributed by atoms with Crippen molar-refractivity contribution in [1.82, 2.24) is 14.5 Å². The van der Waals surface area contributed by atoms with E-state index in [1.54, 1.807) is 0 Å². The normalized spacial score (nSPS) is 12.9. The lowest BCUT2D eigenvalue weighted by Gasteiger charge is -2.21. The number of nitrogens with two attached hydrogens (primary N) is 1. The standard InChI is InChI=1S/C14H18N4O2.C2H2/c1-4-5-11(7-19)20-10(3)18-6-9(2)12-13(15)16-8-17-14(12)18;1-2/h1,6,8,10-11,19H,5,7H2,2-3H3,(H2,15,16,17);1-2H/t10-,11+;/m1./s1. The van der Waals surface area contributed by atoms with Gasteiger partial charge in [-0.25, -0.2) is 9.97 Å². The molecule has 2 atom stereocenters. The van der Waals surface area contributed by atoms with E-state index in [1.807, 2.05) is 24.6 Å². The molecule has 0 aliphatic carbocycles. The SMILES string of the molecule is C#C.C#CC[C@@H](CO)O[C@H](C)n1cc(C)c2c(N)ncnc21. The number of rotatable bonds is 5. The third kappa shape index (κ3) is 3.56. The van der Waals surface area contributed by atoms with Crippen LogP contribution in [0.2, 0.25) is 0 Å². The van der Waals surface area contributed by atoms with E-state index < -0.39 is 6.10 Å². The molecule has 0 amide bonds. The molecule has 0 aromatic carbocycles. The second kappa shape index (κ2) is 8.04. The molecular formula is C16H20N4O2. The molecule has 3 N–H and O–H groups in total. The molecule has 0 fully saturated rings. The smallest absolute Gasteiger partial charge is 0.147 e. The second-order valence-corrected chi connectivity index (χ2v) is 4.63. The molecule has 0 aliphatic rings. The molecule has 0 aliphatic heterocycles. The van der Waals surface area contributed by atoms with E-state index in [2.05, 4.69) is 28.7 Å².